The number of hydrogen-bond acceptors (Lipinski definition) is 1. The van der Waals surface area contributed by atoms with Gasteiger partial charge in [0.15, 0.2) is 0 Å². The van der Waals surface area contributed by atoms with Gasteiger partial charge >= 0.3 is 0 Å². The van der Waals surface area contributed by atoms with E-state index in [0.29, 0.717) is 0 Å². The van der Waals surface area contributed by atoms with Gasteiger partial charge in [-0.2, -0.15) is 5.26 Å². The average molecular weight is 173 g/mol. The Morgan fingerprint density at radius 3 is 2.46 bits per heavy atom. The van der Waals surface area contributed by atoms with Crippen LogP contribution in [0.5, 0.6) is 0 Å². The van der Waals surface area contributed by atoms with Crippen molar-refractivity contribution in [2.45, 2.75) is 27.2 Å². The third-order valence-corrected chi connectivity index (χ3v) is 2.20. The molecule has 13 heavy (non-hydrogen) atoms. The molecule has 0 amide bonds. The first kappa shape index (κ1) is 9.80. The predicted molar refractivity (Wildman–Crippen MR) is 54.3 cm³/mol. The lowest BCUT2D eigenvalue weighted by Crippen LogP contribution is -2.12. The van der Waals surface area contributed by atoms with Crippen molar-refractivity contribution in [3.8, 4) is 6.07 Å². The highest BCUT2D eigenvalue weighted by Crippen LogP contribution is 2.22. The Morgan fingerprint density at radius 1 is 1.31 bits per heavy atom. The second kappa shape index (κ2) is 3.62. The molecule has 68 valence electrons. The van der Waals surface area contributed by atoms with Crippen molar-refractivity contribution < 1.29 is 0 Å². The van der Waals surface area contributed by atoms with Gasteiger partial charge in [-0.1, -0.05) is 24.3 Å². The average Bonchev–Trinajstić information content (AvgIpc) is 2.09. The molecular formula is C12H15N. The van der Waals surface area contributed by atoms with Gasteiger partial charge in [0.25, 0.3) is 0 Å². The van der Waals surface area contributed by atoms with E-state index in [1.165, 1.54) is 11.1 Å². The zero-order chi connectivity index (χ0) is 9.90. The molecule has 0 aliphatic heterocycles. The fourth-order valence-electron chi connectivity index (χ4n) is 1.32. The van der Waals surface area contributed by atoms with Crippen molar-refractivity contribution in [2.24, 2.45) is 5.41 Å². The molecule has 0 N–H and O–H groups in total. The summed E-state index contributed by atoms with van der Waals surface area (Å²) in [6, 6.07) is 10.5. The van der Waals surface area contributed by atoms with Gasteiger partial charge in [-0.15, -0.1) is 0 Å². The van der Waals surface area contributed by atoms with Gasteiger partial charge in [0.1, 0.15) is 0 Å². The summed E-state index contributed by atoms with van der Waals surface area (Å²) in [6.07, 6.45) is 0.830. The van der Waals surface area contributed by atoms with E-state index in [0.717, 1.165) is 6.42 Å². The first-order chi connectivity index (χ1) is 6.05. The highest BCUT2D eigenvalue weighted by Gasteiger charge is 2.17. The molecule has 0 atom stereocenters. The monoisotopic (exact) mass is 173 g/mol. The van der Waals surface area contributed by atoms with Gasteiger partial charge in [0, 0.05) is 0 Å². The Hall–Kier alpha value is -1.29. The van der Waals surface area contributed by atoms with Gasteiger partial charge in [-0.25, -0.2) is 0 Å². The lowest BCUT2D eigenvalue weighted by molar-refractivity contribution is 0.492. The zero-order valence-corrected chi connectivity index (χ0v) is 8.46. The lowest BCUT2D eigenvalue weighted by Gasteiger charge is -2.16. The maximum atomic E-state index is 8.90. The molecule has 1 aromatic rings. The minimum atomic E-state index is -0.258. The summed E-state index contributed by atoms with van der Waals surface area (Å²) >= 11 is 0. The number of nitrogens with zero attached hydrogens (tertiary/aromatic N) is 1. The molecule has 1 rings (SSSR count). The molecule has 0 aliphatic rings. The minimum absolute atomic E-state index is 0.258. The molecule has 0 radical (unpaired) electrons. The largest absolute Gasteiger partial charge is 0.198 e. The predicted octanol–water partition coefficient (Wildman–Crippen LogP) is 3.09. The summed E-state index contributed by atoms with van der Waals surface area (Å²) in [4.78, 5) is 0. The van der Waals surface area contributed by atoms with Crippen molar-refractivity contribution in [1.29, 1.82) is 5.26 Å². The fraction of sp³-hybridized carbons (Fsp3) is 0.417. The summed E-state index contributed by atoms with van der Waals surface area (Å²) in [5.41, 5.74) is 2.28. The van der Waals surface area contributed by atoms with Crippen molar-refractivity contribution in [3.63, 3.8) is 0 Å². The van der Waals surface area contributed by atoms with Crippen LogP contribution in [0.1, 0.15) is 25.0 Å². The Kier molecular flexibility index (Phi) is 2.72. The molecule has 0 spiro atoms. The molecule has 0 heterocycles. The highest BCUT2D eigenvalue weighted by atomic mass is 14.3. The molecule has 0 bridgehead atoms. The molecule has 0 aliphatic carbocycles. The normalized spacial score (nSPS) is 10.9. The number of hydrogen-bond donors (Lipinski definition) is 0. The summed E-state index contributed by atoms with van der Waals surface area (Å²) in [7, 11) is 0. The van der Waals surface area contributed by atoms with E-state index in [9.17, 15) is 0 Å². The molecular weight excluding hydrogens is 158 g/mol. The maximum absolute atomic E-state index is 8.90. The molecule has 0 unspecified atom stereocenters. The molecule has 1 heteroatoms. The third kappa shape index (κ3) is 2.59. The Bertz CT molecular complexity index is 331. The molecule has 0 saturated carbocycles. The van der Waals surface area contributed by atoms with Gasteiger partial charge < -0.3 is 0 Å². The van der Waals surface area contributed by atoms with Crippen LogP contribution >= 0.6 is 0 Å². The molecule has 0 fully saturated rings. The van der Waals surface area contributed by atoms with E-state index in [1.807, 2.05) is 26.0 Å². The van der Waals surface area contributed by atoms with E-state index in [4.69, 9.17) is 5.26 Å². The number of nitriles is 1. The number of benzene rings is 1. The molecule has 0 aromatic heterocycles. The molecule has 1 nitrogen and oxygen atoms in total. The van der Waals surface area contributed by atoms with Crippen molar-refractivity contribution in [1.82, 2.24) is 0 Å². The first-order valence-corrected chi connectivity index (χ1v) is 4.51. The van der Waals surface area contributed by atoms with Crippen LogP contribution in [-0.4, -0.2) is 0 Å². The Balaban J connectivity index is 2.88. The summed E-state index contributed by atoms with van der Waals surface area (Å²) in [5, 5.41) is 8.90. The zero-order valence-electron chi connectivity index (χ0n) is 8.46. The fourth-order valence-corrected chi connectivity index (χ4v) is 1.32. The maximum Gasteiger partial charge on any atom is 0.0687 e. The van der Waals surface area contributed by atoms with Crippen molar-refractivity contribution >= 4 is 0 Å². The number of aryl methyl sites for hydroxylation is 1. The second-order valence-corrected chi connectivity index (χ2v) is 4.10. The summed E-state index contributed by atoms with van der Waals surface area (Å²) < 4.78 is 0. The molecule has 0 saturated heterocycles. The molecule has 1 aromatic carbocycles. The van der Waals surface area contributed by atoms with Gasteiger partial charge in [0.2, 0.25) is 0 Å². The van der Waals surface area contributed by atoms with Crippen LogP contribution in [-0.2, 0) is 6.42 Å². The topological polar surface area (TPSA) is 23.8 Å². The van der Waals surface area contributed by atoms with Crippen LogP contribution in [0.25, 0.3) is 0 Å². The van der Waals surface area contributed by atoms with E-state index >= 15 is 0 Å². The minimum Gasteiger partial charge on any atom is -0.198 e. The van der Waals surface area contributed by atoms with E-state index < -0.39 is 0 Å². The standard InChI is InChI=1S/C12H15N/c1-10-6-4-5-7-11(10)8-12(2,3)9-13/h4-7H,8H2,1-3H3. The second-order valence-electron chi connectivity index (χ2n) is 4.10. The summed E-state index contributed by atoms with van der Waals surface area (Å²) in [5.74, 6) is 0. The van der Waals surface area contributed by atoms with Crippen LogP contribution in [0, 0.1) is 23.7 Å². The van der Waals surface area contributed by atoms with Crippen molar-refractivity contribution in [2.75, 3.05) is 0 Å². The van der Waals surface area contributed by atoms with Crippen LogP contribution in [0.4, 0.5) is 0 Å². The summed E-state index contributed by atoms with van der Waals surface area (Å²) in [6.45, 7) is 6.03. The SMILES string of the molecule is Cc1ccccc1CC(C)(C)C#N. The highest BCUT2D eigenvalue weighted by molar-refractivity contribution is 5.27. The Morgan fingerprint density at radius 2 is 1.92 bits per heavy atom. The van der Waals surface area contributed by atoms with Crippen LogP contribution in [0.15, 0.2) is 24.3 Å². The lowest BCUT2D eigenvalue weighted by atomic mass is 9.86. The third-order valence-electron chi connectivity index (χ3n) is 2.20. The quantitative estimate of drug-likeness (QED) is 0.674. The first-order valence-electron chi connectivity index (χ1n) is 4.51. The van der Waals surface area contributed by atoms with Crippen LogP contribution < -0.4 is 0 Å². The van der Waals surface area contributed by atoms with Crippen molar-refractivity contribution in [3.05, 3.63) is 35.4 Å². The number of rotatable bonds is 2. The van der Waals surface area contributed by atoms with Gasteiger partial charge in [0.05, 0.1) is 11.5 Å². The van der Waals surface area contributed by atoms with Gasteiger partial charge in [-0.3, -0.25) is 0 Å². The van der Waals surface area contributed by atoms with Crippen LogP contribution in [0.3, 0.4) is 0 Å². The van der Waals surface area contributed by atoms with E-state index in [-0.39, 0.29) is 5.41 Å². The van der Waals surface area contributed by atoms with E-state index in [2.05, 4.69) is 25.1 Å². The Labute approximate surface area is 80.0 Å². The van der Waals surface area contributed by atoms with E-state index in [1.54, 1.807) is 0 Å². The van der Waals surface area contributed by atoms with Gasteiger partial charge in [-0.05, 0) is 38.3 Å². The van der Waals surface area contributed by atoms with Crippen LogP contribution in [0.2, 0.25) is 0 Å². The smallest absolute Gasteiger partial charge is 0.0687 e.